The largest absolute Gasteiger partial charge is 0.493 e. The van der Waals surface area contributed by atoms with Crippen molar-refractivity contribution in [2.24, 2.45) is 5.10 Å². The van der Waals surface area contributed by atoms with Crippen molar-refractivity contribution in [1.82, 2.24) is 5.43 Å². The Hall–Kier alpha value is -3.72. The molecule has 164 valence electrons. The highest BCUT2D eigenvalue weighted by Gasteiger charge is 2.12. The summed E-state index contributed by atoms with van der Waals surface area (Å²) in [5.74, 6) is 0.732. The number of hydrogen-bond donors (Lipinski definition) is 1. The topological polar surface area (TPSA) is 103 Å². The third-order valence-electron chi connectivity index (χ3n) is 4.39. The number of halogens is 1. The molecule has 0 bridgehead atoms. The van der Waals surface area contributed by atoms with Crippen molar-refractivity contribution in [3.63, 3.8) is 0 Å². The number of benzene rings is 3. The Bertz CT molecular complexity index is 1120. The van der Waals surface area contributed by atoms with Gasteiger partial charge in [0.25, 0.3) is 5.69 Å². The number of nitrogens with one attached hydrogen (secondary N) is 1. The van der Waals surface area contributed by atoms with Gasteiger partial charge in [0.05, 0.1) is 29.1 Å². The van der Waals surface area contributed by atoms with Gasteiger partial charge in [0.1, 0.15) is 6.61 Å². The Kier molecular flexibility index (Phi) is 7.93. The summed E-state index contributed by atoms with van der Waals surface area (Å²) < 4.78 is 11.9. The molecule has 0 unspecified atom stereocenters. The number of nitro benzene ring substituents is 1. The van der Waals surface area contributed by atoms with Crippen LogP contribution in [0.4, 0.5) is 5.69 Å². The average molecular weight is 498 g/mol. The maximum absolute atomic E-state index is 12.0. The predicted molar refractivity (Wildman–Crippen MR) is 124 cm³/mol. The number of ether oxygens (including phenoxy) is 2. The first-order valence-electron chi connectivity index (χ1n) is 9.55. The summed E-state index contributed by atoms with van der Waals surface area (Å²) in [4.78, 5) is 22.3. The van der Waals surface area contributed by atoms with Crippen molar-refractivity contribution < 1.29 is 19.2 Å². The SMILES string of the molecule is COc1cc(/C=N/NC(=O)Cc2ccccc2)cc(Br)c1OCc1ccc([N+](=O)[O-])cc1. The minimum atomic E-state index is -0.450. The highest BCUT2D eigenvalue weighted by molar-refractivity contribution is 9.10. The second-order valence-electron chi connectivity index (χ2n) is 6.70. The van der Waals surface area contributed by atoms with E-state index in [4.69, 9.17) is 9.47 Å². The first-order chi connectivity index (χ1) is 15.5. The van der Waals surface area contributed by atoms with Gasteiger partial charge in [0.2, 0.25) is 5.91 Å². The lowest BCUT2D eigenvalue weighted by Crippen LogP contribution is -2.19. The third kappa shape index (κ3) is 6.39. The molecule has 1 amide bonds. The Labute approximate surface area is 193 Å². The summed E-state index contributed by atoms with van der Waals surface area (Å²) in [5, 5.41) is 14.8. The maximum Gasteiger partial charge on any atom is 0.269 e. The van der Waals surface area contributed by atoms with Gasteiger partial charge in [-0.2, -0.15) is 5.10 Å². The van der Waals surface area contributed by atoms with Crippen LogP contribution in [0.15, 0.2) is 76.3 Å². The number of hydrogen-bond acceptors (Lipinski definition) is 6. The molecule has 0 aliphatic rings. The standard InChI is InChI=1S/C23H20BrN3O5/c1-31-21-12-18(14-25-26-22(28)13-16-5-3-2-4-6-16)11-20(24)23(21)32-15-17-7-9-19(10-8-17)27(29)30/h2-12,14H,13,15H2,1H3,(H,26,28)/b25-14+. The van der Waals surface area contributed by atoms with Crippen LogP contribution in [0.5, 0.6) is 11.5 Å². The first kappa shape index (κ1) is 23.0. The fourth-order valence-electron chi connectivity index (χ4n) is 2.82. The monoisotopic (exact) mass is 497 g/mol. The summed E-state index contributed by atoms with van der Waals surface area (Å²) in [6.07, 6.45) is 1.75. The van der Waals surface area contributed by atoms with Gasteiger partial charge in [-0.1, -0.05) is 30.3 Å². The van der Waals surface area contributed by atoms with E-state index in [2.05, 4.69) is 26.5 Å². The second kappa shape index (κ2) is 11.1. The summed E-state index contributed by atoms with van der Waals surface area (Å²) >= 11 is 3.46. The number of carbonyl (C=O) groups excluding carboxylic acids is 1. The Morgan fingerprint density at radius 1 is 1.12 bits per heavy atom. The lowest BCUT2D eigenvalue weighted by Gasteiger charge is -2.13. The van der Waals surface area contributed by atoms with E-state index < -0.39 is 4.92 Å². The fraction of sp³-hybridized carbons (Fsp3) is 0.130. The van der Waals surface area contributed by atoms with E-state index in [1.165, 1.54) is 25.5 Å². The number of nitrogens with zero attached hydrogens (tertiary/aromatic N) is 2. The molecule has 32 heavy (non-hydrogen) atoms. The Balaban J connectivity index is 1.63. The van der Waals surface area contributed by atoms with Gasteiger partial charge < -0.3 is 9.47 Å². The molecule has 0 aromatic heterocycles. The molecule has 0 aliphatic heterocycles. The third-order valence-corrected chi connectivity index (χ3v) is 4.98. The van der Waals surface area contributed by atoms with Crippen LogP contribution in [0.2, 0.25) is 0 Å². The van der Waals surface area contributed by atoms with Gasteiger partial charge in [-0.15, -0.1) is 0 Å². The molecule has 0 spiro atoms. The van der Waals surface area contributed by atoms with Crippen LogP contribution in [-0.2, 0) is 17.8 Å². The fourth-order valence-corrected chi connectivity index (χ4v) is 3.40. The number of amides is 1. The van der Waals surface area contributed by atoms with E-state index >= 15 is 0 Å². The van der Waals surface area contributed by atoms with Gasteiger partial charge in [0.15, 0.2) is 11.5 Å². The number of carbonyl (C=O) groups is 1. The van der Waals surface area contributed by atoms with E-state index in [9.17, 15) is 14.9 Å². The van der Waals surface area contributed by atoms with E-state index in [0.717, 1.165) is 11.1 Å². The minimum Gasteiger partial charge on any atom is -0.493 e. The number of methoxy groups -OCH3 is 1. The molecule has 0 saturated carbocycles. The average Bonchev–Trinajstić information content (AvgIpc) is 2.79. The quantitative estimate of drug-likeness (QED) is 0.263. The van der Waals surface area contributed by atoms with Crippen LogP contribution >= 0.6 is 15.9 Å². The zero-order valence-corrected chi connectivity index (χ0v) is 18.7. The maximum atomic E-state index is 12.0. The van der Waals surface area contributed by atoms with Crippen molar-refractivity contribution >= 4 is 33.7 Å². The normalized spacial score (nSPS) is 10.7. The predicted octanol–water partition coefficient (Wildman–Crippen LogP) is 4.64. The molecule has 3 aromatic carbocycles. The van der Waals surface area contributed by atoms with E-state index in [1.807, 2.05) is 30.3 Å². The molecule has 8 nitrogen and oxygen atoms in total. The Morgan fingerprint density at radius 3 is 2.50 bits per heavy atom. The molecule has 1 N–H and O–H groups in total. The zero-order valence-electron chi connectivity index (χ0n) is 17.2. The first-order valence-corrected chi connectivity index (χ1v) is 10.3. The minimum absolute atomic E-state index is 0.0204. The molecule has 3 aromatic rings. The van der Waals surface area contributed by atoms with Crippen molar-refractivity contribution in [2.45, 2.75) is 13.0 Å². The number of non-ortho nitro benzene ring substituents is 1. The van der Waals surface area contributed by atoms with Crippen LogP contribution in [0.25, 0.3) is 0 Å². The van der Waals surface area contributed by atoms with Crippen molar-refractivity contribution in [3.05, 3.63) is 98.0 Å². The van der Waals surface area contributed by atoms with Gasteiger partial charge >= 0.3 is 0 Å². The van der Waals surface area contributed by atoms with Crippen LogP contribution in [0.3, 0.4) is 0 Å². The van der Waals surface area contributed by atoms with E-state index in [-0.39, 0.29) is 24.6 Å². The summed E-state index contributed by atoms with van der Waals surface area (Å²) in [6.45, 7) is 0.204. The number of rotatable bonds is 9. The van der Waals surface area contributed by atoms with Crippen LogP contribution in [0.1, 0.15) is 16.7 Å². The smallest absolute Gasteiger partial charge is 0.269 e. The molecule has 9 heteroatoms. The highest BCUT2D eigenvalue weighted by atomic mass is 79.9. The summed E-state index contributed by atoms with van der Waals surface area (Å²) in [7, 11) is 1.52. The molecule has 0 radical (unpaired) electrons. The molecule has 0 aliphatic carbocycles. The molecule has 0 atom stereocenters. The lowest BCUT2D eigenvalue weighted by molar-refractivity contribution is -0.384. The van der Waals surface area contributed by atoms with Crippen molar-refractivity contribution in [1.29, 1.82) is 0 Å². The molecule has 3 rings (SSSR count). The van der Waals surface area contributed by atoms with E-state index in [0.29, 0.717) is 21.5 Å². The van der Waals surface area contributed by atoms with Gasteiger partial charge in [-0.3, -0.25) is 14.9 Å². The van der Waals surface area contributed by atoms with Gasteiger partial charge in [-0.05, 0) is 56.9 Å². The molecule has 0 heterocycles. The Morgan fingerprint density at radius 2 is 1.84 bits per heavy atom. The van der Waals surface area contributed by atoms with E-state index in [1.54, 1.807) is 24.3 Å². The molecular formula is C23H20BrN3O5. The number of nitro groups is 1. The van der Waals surface area contributed by atoms with Crippen molar-refractivity contribution in [3.8, 4) is 11.5 Å². The van der Waals surface area contributed by atoms with Crippen molar-refractivity contribution in [2.75, 3.05) is 7.11 Å². The number of hydrazone groups is 1. The summed E-state index contributed by atoms with van der Waals surface area (Å²) in [5.41, 5.74) is 4.89. The highest BCUT2D eigenvalue weighted by Crippen LogP contribution is 2.37. The van der Waals surface area contributed by atoms with Crippen LogP contribution in [0, 0.1) is 10.1 Å². The molecular weight excluding hydrogens is 478 g/mol. The zero-order chi connectivity index (χ0) is 22.9. The molecule has 0 fully saturated rings. The van der Waals surface area contributed by atoms with Crippen LogP contribution in [-0.4, -0.2) is 24.2 Å². The van der Waals surface area contributed by atoms with Crippen LogP contribution < -0.4 is 14.9 Å². The second-order valence-corrected chi connectivity index (χ2v) is 7.56. The van der Waals surface area contributed by atoms with Gasteiger partial charge in [0, 0.05) is 12.1 Å². The lowest BCUT2D eigenvalue weighted by atomic mass is 10.1. The summed E-state index contributed by atoms with van der Waals surface area (Å²) in [6, 6.07) is 19.0. The molecule has 0 saturated heterocycles. The van der Waals surface area contributed by atoms with Gasteiger partial charge in [-0.25, -0.2) is 5.43 Å².